The van der Waals surface area contributed by atoms with Gasteiger partial charge in [0.15, 0.2) is 23.9 Å². The molecule has 2 atom stereocenters. The molecule has 7 rings (SSSR count). The summed E-state index contributed by atoms with van der Waals surface area (Å²) in [6, 6.07) is 16.0. The zero-order valence-electron chi connectivity index (χ0n) is 28.4. The van der Waals surface area contributed by atoms with Crippen molar-refractivity contribution < 1.29 is 46.7 Å². The van der Waals surface area contributed by atoms with Crippen molar-refractivity contribution in [3.63, 3.8) is 0 Å². The summed E-state index contributed by atoms with van der Waals surface area (Å²) >= 11 is 12.9. The van der Waals surface area contributed by atoms with Gasteiger partial charge < -0.3 is 18.9 Å². The highest BCUT2D eigenvalue weighted by atomic mass is 35.5. The van der Waals surface area contributed by atoms with Crippen LogP contribution in [0.1, 0.15) is 51.6 Å². The largest absolute Gasteiger partial charge is 0.493 e. The fourth-order valence-corrected chi connectivity index (χ4v) is 7.19. The van der Waals surface area contributed by atoms with Gasteiger partial charge in [0.25, 0.3) is 0 Å². The maximum absolute atomic E-state index is 13.8. The van der Waals surface area contributed by atoms with E-state index in [0.29, 0.717) is 44.8 Å². The van der Waals surface area contributed by atoms with Crippen molar-refractivity contribution in [1.29, 1.82) is 0 Å². The Morgan fingerprint density at radius 2 is 1.65 bits per heavy atom. The molecule has 0 radical (unpaired) electrons. The van der Waals surface area contributed by atoms with E-state index < -0.39 is 29.9 Å². The average molecular weight is 760 g/mol. The number of carbonyl (C=O) groups excluding carboxylic acids is 2. The molecular formula is C38H37Cl2F3N3O6+. The standard InChI is InChI=1S/C38H36Cl2F3N3O6/c1-49-32-10-9-25(16-34(32)50-2)33(18-29-30(39)19-44-20-31(29)40)51-36(47)26-6-3-5-23(15-26)21-46(28-8-4-7-27(17-28)38(41,42)43)37(48)52-35-22-45-13-11-24(35)12-14-45/h3-10,15-17,19-20,24,33,35H,11-14,18,21-22H2,1-2H3/p+1/t33-,35-/m0/s1. The third kappa shape index (κ3) is 8.57. The number of ether oxygens (including phenoxy) is 4. The third-order valence-corrected chi connectivity index (χ3v) is 10.1. The normalized spacial score (nSPS) is 18.7. The molecule has 274 valence electrons. The van der Waals surface area contributed by atoms with Crippen molar-refractivity contribution in [2.75, 3.05) is 38.8 Å². The number of nitrogens with one attached hydrogen (secondary N) is 1. The number of hydrogen-bond acceptors (Lipinski definition) is 7. The number of pyridine rings is 1. The molecule has 1 aromatic heterocycles. The average Bonchev–Trinajstić information content (AvgIpc) is 3.14. The van der Waals surface area contributed by atoms with Gasteiger partial charge in [0.05, 0.1) is 31.9 Å². The Kier molecular flexibility index (Phi) is 11.5. The highest BCUT2D eigenvalue weighted by Gasteiger charge is 2.38. The van der Waals surface area contributed by atoms with E-state index in [1.54, 1.807) is 48.8 Å². The summed E-state index contributed by atoms with van der Waals surface area (Å²) in [5.41, 5.74) is 0.841. The van der Waals surface area contributed by atoms with Crippen LogP contribution in [0.3, 0.4) is 0 Å². The van der Waals surface area contributed by atoms with Crippen molar-refractivity contribution in [2.45, 2.75) is 44.2 Å². The number of halogens is 5. The SMILES string of the molecule is COc1ccc([C@H](Cc2c(Cl)c[nH+]cc2Cl)OC(=O)c2cccc(CN(C(=O)O[C@H]3CN4CCC3CC4)c3cccc(C(F)(F)F)c3)c2)cc1OC. The van der Waals surface area contributed by atoms with Crippen molar-refractivity contribution in [3.05, 3.63) is 117 Å². The number of carbonyl (C=O) groups is 2. The molecule has 52 heavy (non-hydrogen) atoms. The van der Waals surface area contributed by atoms with Gasteiger partial charge in [-0.1, -0.05) is 47.5 Å². The monoisotopic (exact) mass is 758 g/mol. The Morgan fingerprint density at radius 1 is 0.942 bits per heavy atom. The minimum atomic E-state index is -4.62. The van der Waals surface area contributed by atoms with Gasteiger partial charge in [0, 0.05) is 24.2 Å². The zero-order chi connectivity index (χ0) is 37.0. The van der Waals surface area contributed by atoms with E-state index in [0.717, 1.165) is 38.1 Å². The highest BCUT2D eigenvalue weighted by Crippen LogP contribution is 2.37. The number of alkyl halides is 3. The maximum atomic E-state index is 13.8. The van der Waals surface area contributed by atoms with Crippen LogP contribution in [0.25, 0.3) is 0 Å². The number of esters is 1. The number of H-pyrrole nitrogens is 1. The molecule has 1 N–H and O–H groups in total. The lowest BCUT2D eigenvalue weighted by Crippen LogP contribution is -2.53. The summed E-state index contributed by atoms with van der Waals surface area (Å²) in [6.45, 7) is 2.26. The van der Waals surface area contributed by atoms with Gasteiger partial charge in [-0.25, -0.2) is 14.6 Å². The highest BCUT2D eigenvalue weighted by molar-refractivity contribution is 6.35. The predicted octanol–water partition coefficient (Wildman–Crippen LogP) is 8.22. The fourth-order valence-electron chi connectivity index (χ4n) is 6.66. The van der Waals surface area contributed by atoms with E-state index in [4.69, 9.17) is 42.1 Å². The smallest absolute Gasteiger partial charge is 0.416 e. The van der Waals surface area contributed by atoms with E-state index in [2.05, 4.69) is 9.88 Å². The van der Waals surface area contributed by atoms with E-state index in [-0.39, 0.29) is 36.2 Å². The van der Waals surface area contributed by atoms with Crippen LogP contribution in [0.4, 0.5) is 23.7 Å². The van der Waals surface area contributed by atoms with Crippen LogP contribution >= 0.6 is 23.2 Å². The van der Waals surface area contributed by atoms with Crippen molar-refractivity contribution in [3.8, 4) is 11.5 Å². The number of rotatable bonds is 11. The molecule has 3 aromatic carbocycles. The minimum Gasteiger partial charge on any atom is -0.493 e. The Bertz CT molecular complexity index is 1900. The van der Waals surface area contributed by atoms with Crippen LogP contribution in [-0.4, -0.2) is 56.9 Å². The van der Waals surface area contributed by atoms with Crippen LogP contribution in [0.15, 0.2) is 79.1 Å². The lowest BCUT2D eigenvalue weighted by Gasteiger charge is -2.44. The Labute approximate surface area is 309 Å². The first-order chi connectivity index (χ1) is 24.9. The van der Waals surface area contributed by atoms with Crippen molar-refractivity contribution in [1.82, 2.24) is 4.90 Å². The van der Waals surface area contributed by atoms with Gasteiger partial charge in [-0.3, -0.25) is 9.80 Å². The van der Waals surface area contributed by atoms with E-state index in [9.17, 15) is 22.8 Å². The second-order valence-corrected chi connectivity index (χ2v) is 13.6. The van der Waals surface area contributed by atoms with E-state index >= 15 is 0 Å². The lowest BCUT2D eigenvalue weighted by atomic mass is 9.86. The molecule has 3 saturated heterocycles. The number of methoxy groups -OCH3 is 2. The molecule has 0 unspecified atom stereocenters. The van der Waals surface area contributed by atoms with Crippen molar-refractivity contribution in [2.24, 2.45) is 5.92 Å². The van der Waals surface area contributed by atoms with Gasteiger partial charge >= 0.3 is 18.2 Å². The molecule has 3 fully saturated rings. The van der Waals surface area contributed by atoms with E-state index in [1.165, 1.54) is 37.3 Å². The second-order valence-electron chi connectivity index (χ2n) is 12.7. The number of anilines is 1. The number of amides is 1. The van der Waals surface area contributed by atoms with Gasteiger partial charge in [-0.15, -0.1) is 0 Å². The van der Waals surface area contributed by atoms with E-state index in [1.807, 2.05) is 0 Å². The Hall–Kier alpha value is -4.52. The van der Waals surface area contributed by atoms with Crippen LogP contribution in [0.2, 0.25) is 10.0 Å². The molecule has 9 nitrogen and oxygen atoms in total. The molecule has 4 heterocycles. The number of aromatic amines is 1. The molecule has 0 saturated carbocycles. The van der Waals surface area contributed by atoms with Gasteiger partial charge in [-0.2, -0.15) is 13.2 Å². The number of fused-ring (bicyclic) bond motifs is 3. The topological polar surface area (TPSA) is 91.7 Å². The molecule has 3 aliphatic heterocycles. The molecule has 0 aliphatic carbocycles. The number of piperidine rings is 3. The summed E-state index contributed by atoms with van der Waals surface area (Å²) < 4.78 is 64.1. The molecule has 3 aliphatic rings. The van der Waals surface area contributed by atoms with Crippen LogP contribution in [0, 0.1) is 5.92 Å². The summed E-state index contributed by atoms with van der Waals surface area (Å²) in [5.74, 6) is 0.387. The third-order valence-electron chi connectivity index (χ3n) is 9.47. The fraction of sp³-hybridized carbons (Fsp3) is 0.342. The molecule has 0 spiro atoms. The summed E-state index contributed by atoms with van der Waals surface area (Å²) in [4.78, 5) is 33.8. The zero-order valence-corrected chi connectivity index (χ0v) is 29.9. The molecule has 1 amide bonds. The lowest BCUT2D eigenvalue weighted by molar-refractivity contribution is -0.377. The number of nitrogens with zero attached hydrogens (tertiary/aromatic N) is 2. The van der Waals surface area contributed by atoms with Gasteiger partial charge in [0.2, 0.25) is 0 Å². The molecule has 2 bridgehead atoms. The first-order valence-electron chi connectivity index (χ1n) is 16.7. The summed E-state index contributed by atoms with van der Waals surface area (Å²) in [7, 11) is 3.00. The summed E-state index contributed by atoms with van der Waals surface area (Å²) in [5, 5.41) is 0.687. The molecular weight excluding hydrogens is 722 g/mol. The minimum absolute atomic E-state index is 0.0106. The molecule has 4 aromatic rings. The quantitative estimate of drug-likeness (QED) is 0.142. The Balaban J connectivity index is 1.28. The number of hydrogen-bond donors (Lipinski definition) is 0. The Morgan fingerprint density at radius 3 is 2.31 bits per heavy atom. The van der Waals surface area contributed by atoms with Crippen LogP contribution in [0.5, 0.6) is 11.5 Å². The number of benzene rings is 3. The van der Waals surface area contributed by atoms with Crippen molar-refractivity contribution >= 4 is 41.0 Å². The van der Waals surface area contributed by atoms with Crippen LogP contribution in [-0.2, 0) is 28.6 Å². The molecule has 14 heteroatoms. The first kappa shape index (κ1) is 37.2. The predicted molar refractivity (Wildman–Crippen MR) is 188 cm³/mol. The second kappa shape index (κ2) is 16.0. The maximum Gasteiger partial charge on any atom is 0.416 e. The van der Waals surface area contributed by atoms with Gasteiger partial charge in [0.1, 0.15) is 22.3 Å². The first-order valence-corrected chi connectivity index (χ1v) is 17.4. The van der Waals surface area contributed by atoms with Crippen LogP contribution < -0.4 is 19.4 Å². The van der Waals surface area contributed by atoms with Gasteiger partial charge in [-0.05, 0) is 85.4 Å². The summed E-state index contributed by atoms with van der Waals surface area (Å²) in [6.07, 6.45) is -1.63. The number of aromatic nitrogens is 1.